The SMILES string of the molecule is FC(F)(F)c1cc(-c2nc(Sc3cc(Cl)nc(NC4CCC4)n3)n[nH]2)cc(C(F)(F)F)c1. The fraction of sp³-hybridized carbons (Fsp3) is 0.333. The molecule has 170 valence electrons. The highest BCUT2D eigenvalue weighted by Gasteiger charge is 2.37. The van der Waals surface area contributed by atoms with Gasteiger partial charge in [0.25, 0.3) is 0 Å². The van der Waals surface area contributed by atoms with Crippen LogP contribution in [-0.4, -0.2) is 31.2 Å². The minimum atomic E-state index is -4.96. The van der Waals surface area contributed by atoms with Gasteiger partial charge in [0.15, 0.2) is 5.82 Å². The number of hydrogen-bond acceptors (Lipinski definition) is 6. The summed E-state index contributed by atoms with van der Waals surface area (Å²) in [6.07, 6.45) is -6.85. The maximum Gasteiger partial charge on any atom is 0.416 e. The van der Waals surface area contributed by atoms with Gasteiger partial charge in [-0.15, -0.1) is 5.10 Å². The minimum absolute atomic E-state index is 0.0373. The third-order valence-electron chi connectivity index (χ3n) is 4.63. The molecule has 2 aromatic heterocycles. The Morgan fingerprint density at radius 2 is 1.59 bits per heavy atom. The van der Waals surface area contributed by atoms with Crippen LogP contribution in [0.2, 0.25) is 5.15 Å². The van der Waals surface area contributed by atoms with E-state index in [-0.39, 0.29) is 28.2 Å². The molecular formula is C18H13ClF6N6S. The summed E-state index contributed by atoms with van der Waals surface area (Å²) < 4.78 is 78.5. The van der Waals surface area contributed by atoms with Crippen molar-refractivity contribution in [1.29, 1.82) is 0 Å². The molecule has 1 fully saturated rings. The predicted molar refractivity (Wildman–Crippen MR) is 104 cm³/mol. The molecule has 0 aliphatic heterocycles. The number of anilines is 1. The molecule has 14 heteroatoms. The van der Waals surface area contributed by atoms with Crippen molar-refractivity contribution in [2.75, 3.05) is 5.32 Å². The number of benzene rings is 1. The lowest BCUT2D eigenvalue weighted by Crippen LogP contribution is -2.28. The summed E-state index contributed by atoms with van der Waals surface area (Å²) in [4.78, 5) is 12.4. The van der Waals surface area contributed by atoms with Gasteiger partial charge < -0.3 is 5.32 Å². The van der Waals surface area contributed by atoms with Gasteiger partial charge in [0, 0.05) is 17.7 Å². The summed E-state index contributed by atoms with van der Waals surface area (Å²) in [5.41, 5.74) is -3.29. The molecule has 1 aliphatic rings. The summed E-state index contributed by atoms with van der Waals surface area (Å²) in [7, 11) is 0. The molecule has 6 nitrogen and oxygen atoms in total. The van der Waals surface area contributed by atoms with Gasteiger partial charge in [0.2, 0.25) is 11.1 Å². The first-order chi connectivity index (χ1) is 15.0. The normalized spacial score (nSPS) is 15.0. The van der Waals surface area contributed by atoms with Crippen LogP contribution >= 0.6 is 23.4 Å². The first kappa shape index (κ1) is 22.6. The highest BCUT2D eigenvalue weighted by Crippen LogP contribution is 2.38. The molecule has 0 radical (unpaired) electrons. The lowest BCUT2D eigenvalue weighted by atomic mass is 9.93. The van der Waals surface area contributed by atoms with Crippen LogP contribution in [-0.2, 0) is 12.4 Å². The molecule has 0 spiro atoms. The van der Waals surface area contributed by atoms with Gasteiger partial charge in [-0.2, -0.15) is 26.3 Å². The van der Waals surface area contributed by atoms with E-state index in [0.29, 0.717) is 23.1 Å². The van der Waals surface area contributed by atoms with Gasteiger partial charge in [-0.05, 0) is 49.2 Å². The van der Waals surface area contributed by atoms with E-state index in [0.717, 1.165) is 31.0 Å². The smallest absolute Gasteiger partial charge is 0.351 e. The number of aromatic nitrogens is 5. The Hall–Kier alpha value is -2.54. The maximum absolute atomic E-state index is 13.1. The Bertz CT molecular complexity index is 1100. The Kier molecular flexibility index (Phi) is 5.96. The zero-order valence-electron chi connectivity index (χ0n) is 15.9. The topological polar surface area (TPSA) is 79.4 Å². The number of alkyl halides is 6. The molecular weight excluding hydrogens is 482 g/mol. The van der Waals surface area contributed by atoms with Crippen molar-refractivity contribution in [2.24, 2.45) is 0 Å². The molecule has 4 rings (SSSR count). The van der Waals surface area contributed by atoms with Crippen molar-refractivity contribution in [1.82, 2.24) is 25.1 Å². The monoisotopic (exact) mass is 494 g/mol. The first-order valence-corrected chi connectivity index (χ1v) is 10.4. The lowest BCUT2D eigenvalue weighted by Gasteiger charge is -2.26. The van der Waals surface area contributed by atoms with Gasteiger partial charge in [0.05, 0.1) is 11.1 Å². The van der Waals surface area contributed by atoms with E-state index in [1.54, 1.807) is 0 Å². The van der Waals surface area contributed by atoms with E-state index in [2.05, 4.69) is 30.5 Å². The van der Waals surface area contributed by atoms with Crippen LogP contribution in [0.1, 0.15) is 30.4 Å². The summed E-state index contributed by atoms with van der Waals surface area (Å²) in [6.45, 7) is 0. The Morgan fingerprint density at radius 1 is 0.938 bits per heavy atom. The molecule has 0 bridgehead atoms. The van der Waals surface area contributed by atoms with Crippen molar-refractivity contribution in [3.63, 3.8) is 0 Å². The first-order valence-electron chi connectivity index (χ1n) is 9.18. The third kappa shape index (κ3) is 5.26. The minimum Gasteiger partial charge on any atom is -0.351 e. The van der Waals surface area contributed by atoms with Crippen molar-refractivity contribution >= 4 is 29.3 Å². The number of aromatic amines is 1. The second-order valence-electron chi connectivity index (χ2n) is 6.99. The summed E-state index contributed by atoms with van der Waals surface area (Å²) in [5.74, 6) is 0.0604. The number of rotatable bonds is 5. The fourth-order valence-electron chi connectivity index (χ4n) is 2.86. The zero-order valence-corrected chi connectivity index (χ0v) is 17.4. The van der Waals surface area contributed by atoms with Crippen LogP contribution in [0, 0.1) is 0 Å². The van der Waals surface area contributed by atoms with Gasteiger partial charge in [0.1, 0.15) is 10.2 Å². The largest absolute Gasteiger partial charge is 0.416 e. The van der Waals surface area contributed by atoms with Crippen LogP contribution in [0.25, 0.3) is 11.4 Å². The standard InChI is InChI=1S/C18H13ClF6N6S/c19-12-7-13(28-15(27-12)26-11-2-1-3-11)32-16-29-14(30-31-16)8-4-9(17(20,21)22)6-10(5-8)18(23,24)25/h4-7,11H,1-3H2,(H,26,27,28)(H,29,30,31). The average Bonchev–Trinajstić information content (AvgIpc) is 3.11. The van der Waals surface area contributed by atoms with E-state index in [1.807, 2.05) is 0 Å². The fourth-order valence-corrected chi connectivity index (χ4v) is 3.82. The van der Waals surface area contributed by atoms with E-state index in [9.17, 15) is 26.3 Å². The Balaban J connectivity index is 1.60. The number of H-pyrrole nitrogens is 1. The molecule has 1 aromatic carbocycles. The Labute approximate surface area is 186 Å². The quantitative estimate of drug-likeness (QED) is 0.331. The molecule has 2 heterocycles. The van der Waals surface area contributed by atoms with Crippen LogP contribution in [0.3, 0.4) is 0 Å². The maximum atomic E-state index is 13.1. The molecule has 0 unspecified atom stereocenters. The zero-order chi connectivity index (χ0) is 23.1. The van der Waals surface area contributed by atoms with E-state index in [1.165, 1.54) is 6.07 Å². The molecule has 1 aliphatic carbocycles. The molecule has 3 aromatic rings. The van der Waals surface area contributed by atoms with Crippen LogP contribution in [0.5, 0.6) is 0 Å². The summed E-state index contributed by atoms with van der Waals surface area (Å²) >= 11 is 6.95. The van der Waals surface area contributed by atoms with Crippen LogP contribution < -0.4 is 5.32 Å². The number of hydrogen-bond donors (Lipinski definition) is 2. The highest BCUT2D eigenvalue weighted by atomic mass is 35.5. The average molecular weight is 495 g/mol. The second kappa shape index (κ2) is 8.43. The van der Waals surface area contributed by atoms with Crippen LogP contribution in [0.15, 0.2) is 34.4 Å². The molecule has 0 amide bonds. The summed E-state index contributed by atoms with van der Waals surface area (Å²) in [5, 5.41) is 9.92. The highest BCUT2D eigenvalue weighted by molar-refractivity contribution is 7.99. The second-order valence-corrected chi connectivity index (χ2v) is 8.36. The van der Waals surface area contributed by atoms with Crippen molar-refractivity contribution < 1.29 is 26.3 Å². The van der Waals surface area contributed by atoms with Gasteiger partial charge in [-0.25, -0.2) is 15.0 Å². The molecule has 32 heavy (non-hydrogen) atoms. The predicted octanol–water partition coefficient (Wildman–Crippen LogP) is 6.07. The van der Waals surface area contributed by atoms with Gasteiger partial charge in [-0.3, -0.25) is 5.10 Å². The molecule has 2 N–H and O–H groups in total. The Morgan fingerprint density at radius 3 is 2.16 bits per heavy atom. The van der Waals surface area contributed by atoms with Gasteiger partial charge >= 0.3 is 12.4 Å². The van der Waals surface area contributed by atoms with Crippen molar-refractivity contribution in [3.8, 4) is 11.4 Å². The van der Waals surface area contributed by atoms with E-state index >= 15 is 0 Å². The molecule has 0 atom stereocenters. The molecule has 0 saturated heterocycles. The lowest BCUT2D eigenvalue weighted by molar-refractivity contribution is -0.143. The number of nitrogens with one attached hydrogen (secondary N) is 2. The van der Waals surface area contributed by atoms with Crippen LogP contribution in [0.4, 0.5) is 32.3 Å². The molecule has 1 saturated carbocycles. The van der Waals surface area contributed by atoms with Gasteiger partial charge in [-0.1, -0.05) is 11.6 Å². The summed E-state index contributed by atoms with van der Waals surface area (Å²) in [6, 6.07) is 2.90. The van der Waals surface area contributed by atoms with Crippen molar-refractivity contribution in [3.05, 3.63) is 40.5 Å². The van der Waals surface area contributed by atoms with E-state index < -0.39 is 29.0 Å². The third-order valence-corrected chi connectivity index (χ3v) is 5.61. The number of nitrogens with zero attached hydrogens (tertiary/aromatic N) is 4. The number of halogens is 7. The van der Waals surface area contributed by atoms with E-state index in [4.69, 9.17) is 11.6 Å². The van der Waals surface area contributed by atoms with Crippen molar-refractivity contribution in [2.45, 2.75) is 47.8 Å².